The van der Waals surface area contributed by atoms with E-state index in [-0.39, 0.29) is 5.82 Å². The molecule has 1 aromatic rings. The lowest BCUT2D eigenvalue weighted by molar-refractivity contribution is 0.586. The highest BCUT2D eigenvalue weighted by molar-refractivity contribution is 7.98. The van der Waals surface area contributed by atoms with Gasteiger partial charge in [0.25, 0.3) is 0 Å². The Morgan fingerprint density at radius 1 is 1.60 bits per heavy atom. The van der Waals surface area contributed by atoms with Gasteiger partial charge in [0.15, 0.2) is 5.82 Å². The number of nitrogens with zero attached hydrogens (tertiary/aromatic N) is 1. The van der Waals surface area contributed by atoms with E-state index in [1.807, 2.05) is 6.92 Å². The predicted molar refractivity (Wildman–Crippen MR) is 40.7 cm³/mol. The monoisotopic (exact) mass is 157 g/mol. The van der Waals surface area contributed by atoms with Crippen molar-refractivity contribution in [2.45, 2.75) is 11.9 Å². The van der Waals surface area contributed by atoms with Crippen molar-refractivity contribution < 1.29 is 4.39 Å². The molecule has 1 aromatic heterocycles. The lowest BCUT2D eigenvalue weighted by Gasteiger charge is -1.96. The van der Waals surface area contributed by atoms with Crippen LogP contribution in [-0.2, 0) is 0 Å². The second-order valence-electron chi connectivity index (χ2n) is 2.00. The molecule has 0 aliphatic heterocycles. The van der Waals surface area contributed by atoms with Crippen molar-refractivity contribution in [3.8, 4) is 0 Å². The van der Waals surface area contributed by atoms with Gasteiger partial charge in [-0.25, -0.2) is 9.37 Å². The fourth-order valence-electron chi connectivity index (χ4n) is 0.671. The molecule has 3 heteroatoms. The molecule has 0 saturated heterocycles. The van der Waals surface area contributed by atoms with Crippen LogP contribution >= 0.6 is 11.8 Å². The van der Waals surface area contributed by atoms with Gasteiger partial charge in [0.2, 0.25) is 0 Å². The highest BCUT2D eigenvalue weighted by atomic mass is 32.2. The van der Waals surface area contributed by atoms with Gasteiger partial charge in [0.05, 0.1) is 0 Å². The van der Waals surface area contributed by atoms with E-state index in [4.69, 9.17) is 0 Å². The summed E-state index contributed by atoms with van der Waals surface area (Å²) >= 11 is 1.32. The van der Waals surface area contributed by atoms with Gasteiger partial charge >= 0.3 is 0 Å². The van der Waals surface area contributed by atoms with Crippen LogP contribution in [-0.4, -0.2) is 11.2 Å². The topological polar surface area (TPSA) is 12.9 Å². The van der Waals surface area contributed by atoms with Crippen molar-refractivity contribution >= 4 is 11.8 Å². The molecule has 1 rings (SSSR count). The van der Waals surface area contributed by atoms with Crippen LogP contribution in [0, 0.1) is 12.7 Å². The fourth-order valence-corrected chi connectivity index (χ4v) is 1.08. The largest absolute Gasteiger partial charge is 0.247 e. The Balaban J connectivity index is 3.07. The molecule has 0 unspecified atom stereocenters. The van der Waals surface area contributed by atoms with Gasteiger partial charge in [-0.2, -0.15) is 0 Å². The molecule has 0 N–H and O–H groups in total. The van der Waals surface area contributed by atoms with Gasteiger partial charge in [-0.15, -0.1) is 11.8 Å². The van der Waals surface area contributed by atoms with Crippen molar-refractivity contribution in [1.29, 1.82) is 0 Å². The number of rotatable bonds is 1. The standard InChI is InChI=1S/C7H8FNS/c1-5-3-6(8)7(10-2)9-4-5/h3-4H,1-2H3. The van der Waals surface area contributed by atoms with E-state index < -0.39 is 0 Å². The number of hydrogen-bond donors (Lipinski definition) is 0. The summed E-state index contributed by atoms with van der Waals surface area (Å²) in [6, 6.07) is 1.48. The molecule has 0 bridgehead atoms. The van der Waals surface area contributed by atoms with Gasteiger partial charge < -0.3 is 0 Å². The quantitative estimate of drug-likeness (QED) is 0.580. The van der Waals surface area contributed by atoms with E-state index in [0.29, 0.717) is 5.03 Å². The summed E-state index contributed by atoms with van der Waals surface area (Å²) in [7, 11) is 0. The minimum Gasteiger partial charge on any atom is -0.247 e. The minimum absolute atomic E-state index is 0.229. The van der Waals surface area contributed by atoms with Gasteiger partial charge in [-0.05, 0) is 24.8 Å². The summed E-state index contributed by atoms with van der Waals surface area (Å²) in [6.45, 7) is 1.82. The maximum atomic E-state index is 12.8. The zero-order valence-electron chi connectivity index (χ0n) is 5.89. The second kappa shape index (κ2) is 3.01. The van der Waals surface area contributed by atoms with Crippen molar-refractivity contribution in [2.75, 3.05) is 6.26 Å². The lowest BCUT2D eigenvalue weighted by Crippen LogP contribution is -1.86. The zero-order chi connectivity index (χ0) is 7.56. The summed E-state index contributed by atoms with van der Waals surface area (Å²) in [4.78, 5) is 3.88. The number of aryl methyl sites for hydroxylation is 1. The molecule has 0 spiro atoms. The van der Waals surface area contributed by atoms with Crippen molar-refractivity contribution in [3.05, 3.63) is 23.6 Å². The first-order chi connectivity index (χ1) is 4.74. The second-order valence-corrected chi connectivity index (χ2v) is 2.80. The van der Waals surface area contributed by atoms with Crippen LogP contribution in [0.3, 0.4) is 0 Å². The third kappa shape index (κ3) is 1.48. The molecule has 0 aliphatic rings. The van der Waals surface area contributed by atoms with Crippen LogP contribution in [0.5, 0.6) is 0 Å². The van der Waals surface area contributed by atoms with Crippen LogP contribution in [0.25, 0.3) is 0 Å². The van der Waals surface area contributed by atoms with E-state index in [0.717, 1.165) is 5.56 Å². The summed E-state index contributed by atoms with van der Waals surface area (Å²) in [5, 5.41) is 0.464. The number of thioether (sulfide) groups is 1. The molecule has 0 amide bonds. The van der Waals surface area contributed by atoms with Crippen molar-refractivity contribution in [2.24, 2.45) is 0 Å². The minimum atomic E-state index is -0.229. The average Bonchev–Trinajstić information content (AvgIpc) is 1.88. The molecular weight excluding hydrogens is 149 g/mol. The molecular formula is C7H8FNS. The molecule has 0 fully saturated rings. The third-order valence-corrected chi connectivity index (χ3v) is 1.82. The van der Waals surface area contributed by atoms with E-state index in [1.54, 1.807) is 12.5 Å². The van der Waals surface area contributed by atoms with Gasteiger partial charge in [-0.1, -0.05) is 0 Å². The highest BCUT2D eigenvalue weighted by Crippen LogP contribution is 2.15. The SMILES string of the molecule is CSc1ncc(C)cc1F. The smallest absolute Gasteiger partial charge is 0.155 e. The average molecular weight is 157 g/mol. The maximum absolute atomic E-state index is 12.8. The summed E-state index contributed by atoms with van der Waals surface area (Å²) < 4.78 is 12.8. The molecule has 1 heterocycles. The normalized spacial score (nSPS) is 9.90. The van der Waals surface area contributed by atoms with Gasteiger partial charge in [0.1, 0.15) is 5.03 Å². The zero-order valence-corrected chi connectivity index (χ0v) is 6.70. The Kier molecular flexibility index (Phi) is 2.27. The Morgan fingerprint density at radius 2 is 2.30 bits per heavy atom. The van der Waals surface area contributed by atoms with E-state index in [9.17, 15) is 4.39 Å². The number of aromatic nitrogens is 1. The molecule has 0 radical (unpaired) electrons. The summed E-state index contributed by atoms with van der Waals surface area (Å²) in [5.74, 6) is -0.229. The summed E-state index contributed by atoms with van der Waals surface area (Å²) in [5.41, 5.74) is 0.857. The van der Waals surface area contributed by atoms with E-state index >= 15 is 0 Å². The van der Waals surface area contributed by atoms with Crippen LogP contribution < -0.4 is 0 Å². The number of pyridine rings is 1. The van der Waals surface area contributed by atoms with Crippen LogP contribution in [0.4, 0.5) is 4.39 Å². The Hall–Kier alpha value is -0.570. The number of halogens is 1. The predicted octanol–water partition coefficient (Wildman–Crippen LogP) is 2.25. The first kappa shape index (κ1) is 7.54. The van der Waals surface area contributed by atoms with Crippen LogP contribution in [0.2, 0.25) is 0 Å². The molecule has 1 nitrogen and oxygen atoms in total. The molecule has 0 saturated carbocycles. The molecule has 0 atom stereocenters. The van der Waals surface area contributed by atoms with E-state index in [1.165, 1.54) is 17.8 Å². The highest BCUT2D eigenvalue weighted by Gasteiger charge is 1.99. The van der Waals surface area contributed by atoms with Gasteiger partial charge in [-0.3, -0.25) is 0 Å². The van der Waals surface area contributed by atoms with Crippen molar-refractivity contribution in [1.82, 2.24) is 4.98 Å². The lowest BCUT2D eigenvalue weighted by atomic mass is 10.3. The van der Waals surface area contributed by atoms with E-state index in [2.05, 4.69) is 4.98 Å². The Morgan fingerprint density at radius 3 is 2.80 bits per heavy atom. The summed E-state index contributed by atoms with van der Waals surface area (Å²) in [6.07, 6.45) is 3.47. The Bertz CT molecular complexity index is 237. The first-order valence-electron chi connectivity index (χ1n) is 2.90. The third-order valence-electron chi connectivity index (χ3n) is 1.14. The first-order valence-corrected chi connectivity index (χ1v) is 4.12. The number of hydrogen-bond acceptors (Lipinski definition) is 2. The van der Waals surface area contributed by atoms with Crippen LogP contribution in [0.1, 0.15) is 5.56 Å². The van der Waals surface area contributed by atoms with Crippen LogP contribution in [0.15, 0.2) is 17.3 Å². The molecule has 10 heavy (non-hydrogen) atoms. The molecule has 0 aliphatic carbocycles. The molecule has 0 aromatic carbocycles. The molecule has 54 valence electrons. The Labute approximate surface area is 63.7 Å². The van der Waals surface area contributed by atoms with Gasteiger partial charge in [0, 0.05) is 6.20 Å². The van der Waals surface area contributed by atoms with Crippen molar-refractivity contribution in [3.63, 3.8) is 0 Å². The maximum Gasteiger partial charge on any atom is 0.155 e. The fraction of sp³-hybridized carbons (Fsp3) is 0.286.